The number of carbonyl (C=O) groups excluding carboxylic acids is 1. The van der Waals surface area contributed by atoms with Crippen LogP contribution in [0.1, 0.15) is 49.7 Å². The molecule has 0 aromatic carbocycles. The lowest BCUT2D eigenvalue weighted by molar-refractivity contribution is 0.0939. The maximum Gasteiger partial charge on any atom is 0.332 e. The molecule has 4 aromatic rings. The molecule has 4 heterocycles. The van der Waals surface area contributed by atoms with Gasteiger partial charge in [0.15, 0.2) is 11.4 Å². The van der Waals surface area contributed by atoms with Crippen molar-refractivity contribution in [2.75, 3.05) is 0 Å². The van der Waals surface area contributed by atoms with Crippen molar-refractivity contribution in [2.24, 2.45) is 20.0 Å². The molecule has 0 aliphatic rings. The summed E-state index contributed by atoms with van der Waals surface area (Å²) in [7, 11) is 3.01. The van der Waals surface area contributed by atoms with Gasteiger partial charge in [0.05, 0.1) is 23.1 Å². The maximum atomic E-state index is 12.3. The van der Waals surface area contributed by atoms with E-state index in [1.807, 2.05) is 38.2 Å². The monoisotopic (exact) mass is 410 g/mol. The van der Waals surface area contributed by atoms with Gasteiger partial charge in [0.2, 0.25) is 0 Å². The van der Waals surface area contributed by atoms with E-state index in [2.05, 4.69) is 28.9 Å². The molecule has 4 rings (SSSR count). The number of nitrogens with zero attached hydrogens (tertiary/aromatic N) is 5. The van der Waals surface area contributed by atoms with Crippen molar-refractivity contribution in [1.29, 1.82) is 0 Å². The minimum Gasteiger partial charge on any atom is -0.339 e. The molecule has 0 amide bonds. The highest BCUT2D eigenvalue weighted by Gasteiger charge is 2.23. The number of carbonyl (C=O) groups is 1. The second-order valence-corrected chi connectivity index (χ2v) is 7.77. The lowest BCUT2D eigenvalue weighted by Crippen LogP contribution is -2.36. The van der Waals surface area contributed by atoms with E-state index in [0.29, 0.717) is 11.2 Å². The molecule has 0 fully saturated rings. The van der Waals surface area contributed by atoms with Gasteiger partial charge < -0.3 is 4.98 Å². The Kier molecular flexibility index (Phi) is 5.73. The highest BCUT2D eigenvalue weighted by Crippen LogP contribution is 2.25. The Bertz CT molecular complexity index is 1340. The smallest absolute Gasteiger partial charge is 0.332 e. The van der Waals surface area contributed by atoms with Gasteiger partial charge in [-0.15, -0.1) is 0 Å². The number of rotatable bonds is 3. The molecule has 0 aliphatic carbocycles. The number of Topliss-reactive ketones (excluding diaryl/α,β-unsaturated/α-hetero) is 1. The van der Waals surface area contributed by atoms with Crippen LogP contribution in [0.3, 0.4) is 0 Å². The van der Waals surface area contributed by atoms with Gasteiger partial charge in [0, 0.05) is 26.2 Å². The Morgan fingerprint density at radius 1 is 1.07 bits per heavy atom. The van der Waals surface area contributed by atoms with E-state index in [1.54, 1.807) is 11.6 Å². The molecule has 0 aliphatic heterocycles. The third-order valence-corrected chi connectivity index (χ3v) is 4.91. The van der Waals surface area contributed by atoms with E-state index in [-0.39, 0.29) is 28.9 Å². The van der Waals surface area contributed by atoms with Crippen LogP contribution in [-0.4, -0.2) is 34.5 Å². The van der Waals surface area contributed by atoms with E-state index >= 15 is 0 Å². The number of ketones is 1. The van der Waals surface area contributed by atoms with Gasteiger partial charge in [-0.1, -0.05) is 33.8 Å². The molecular weight excluding hydrogens is 384 g/mol. The van der Waals surface area contributed by atoms with E-state index in [9.17, 15) is 14.4 Å². The molecule has 0 saturated carbocycles. The average molecular weight is 410 g/mol. The van der Waals surface area contributed by atoms with Gasteiger partial charge in [-0.05, 0) is 18.1 Å². The van der Waals surface area contributed by atoms with Crippen molar-refractivity contribution in [1.82, 2.24) is 28.7 Å². The first kappa shape index (κ1) is 21.2. The molecule has 9 heteroatoms. The molecule has 0 saturated heterocycles. The van der Waals surface area contributed by atoms with Gasteiger partial charge >= 0.3 is 5.69 Å². The Balaban J connectivity index is 0.000000177. The van der Waals surface area contributed by atoms with E-state index < -0.39 is 0 Å². The van der Waals surface area contributed by atoms with Gasteiger partial charge in [-0.3, -0.25) is 18.7 Å². The second kappa shape index (κ2) is 8.10. The Morgan fingerprint density at radius 2 is 1.77 bits per heavy atom. The van der Waals surface area contributed by atoms with Crippen LogP contribution in [0.15, 0.2) is 40.3 Å². The fraction of sp³-hybridized carbons (Fsp3) is 0.381. The molecular formula is C21H26N6O3. The van der Waals surface area contributed by atoms with Crippen LogP contribution >= 0.6 is 0 Å². The highest BCUT2D eigenvalue weighted by molar-refractivity contribution is 6.04. The number of nitrogens with one attached hydrogen (secondary N) is 1. The number of aromatic amines is 1. The summed E-state index contributed by atoms with van der Waals surface area (Å²) in [5.41, 5.74) is 2.61. The van der Waals surface area contributed by atoms with Crippen molar-refractivity contribution in [2.45, 2.75) is 33.6 Å². The highest BCUT2D eigenvalue weighted by atomic mass is 16.2. The Hall–Kier alpha value is -3.49. The van der Waals surface area contributed by atoms with Crippen LogP contribution in [0.2, 0.25) is 0 Å². The minimum atomic E-state index is -0.371. The summed E-state index contributed by atoms with van der Waals surface area (Å²) in [6, 6.07) is 5.82. The van der Waals surface area contributed by atoms with Gasteiger partial charge in [-0.2, -0.15) is 5.10 Å². The molecule has 0 bridgehead atoms. The minimum absolute atomic E-state index is 0.000654. The number of hydrogen-bond donors (Lipinski definition) is 1. The lowest BCUT2D eigenvalue weighted by Gasteiger charge is -2.07. The number of imidazole rings is 1. The van der Waals surface area contributed by atoms with Crippen LogP contribution in [0.25, 0.3) is 16.7 Å². The van der Waals surface area contributed by atoms with Gasteiger partial charge in [0.25, 0.3) is 5.56 Å². The van der Waals surface area contributed by atoms with Crippen LogP contribution in [-0.2, 0) is 14.1 Å². The van der Waals surface area contributed by atoms with Gasteiger partial charge in [0.1, 0.15) is 5.52 Å². The zero-order valence-electron chi connectivity index (χ0n) is 18.0. The molecule has 1 N–H and O–H groups in total. The van der Waals surface area contributed by atoms with Crippen molar-refractivity contribution in [3.63, 3.8) is 0 Å². The molecule has 0 unspecified atom stereocenters. The number of aryl methyl sites for hydroxylation is 1. The van der Waals surface area contributed by atoms with Crippen LogP contribution in [0.5, 0.6) is 0 Å². The summed E-state index contributed by atoms with van der Waals surface area (Å²) in [5, 5.41) is 4.51. The largest absolute Gasteiger partial charge is 0.339 e. The normalized spacial score (nSPS) is 11.3. The summed E-state index contributed by atoms with van der Waals surface area (Å²) in [6.07, 6.45) is 3.28. The summed E-state index contributed by atoms with van der Waals surface area (Å²) < 4.78 is 4.17. The van der Waals surface area contributed by atoms with Gasteiger partial charge in [-0.25, -0.2) is 14.3 Å². The first-order chi connectivity index (χ1) is 14.1. The average Bonchev–Trinajstić information content (AvgIpc) is 3.35. The first-order valence-corrected chi connectivity index (χ1v) is 9.75. The molecule has 158 valence electrons. The topological polar surface area (TPSA) is 107 Å². The van der Waals surface area contributed by atoms with Crippen LogP contribution in [0, 0.1) is 5.92 Å². The third kappa shape index (κ3) is 3.58. The fourth-order valence-electron chi connectivity index (χ4n) is 3.23. The SMILES string of the molecule is CC(C)C(=O)c1c(C(C)C)nn2ccccc12.Cn1c(=O)c2[nH]cnc2n(C)c1=O. The Morgan fingerprint density at radius 3 is 2.40 bits per heavy atom. The number of aromatic nitrogens is 6. The molecule has 0 radical (unpaired) electrons. The zero-order valence-corrected chi connectivity index (χ0v) is 18.0. The second-order valence-electron chi connectivity index (χ2n) is 7.77. The molecule has 0 spiro atoms. The van der Waals surface area contributed by atoms with Crippen molar-refractivity contribution >= 4 is 22.5 Å². The van der Waals surface area contributed by atoms with Crippen molar-refractivity contribution in [3.05, 3.63) is 62.8 Å². The van der Waals surface area contributed by atoms with Crippen molar-refractivity contribution in [3.8, 4) is 0 Å². The van der Waals surface area contributed by atoms with E-state index in [4.69, 9.17) is 0 Å². The number of fused-ring (bicyclic) bond motifs is 2. The summed E-state index contributed by atoms with van der Waals surface area (Å²) in [4.78, 5) is 41.7. The summed E-state index contributed by atoms with van der Waals surface area (Å²) in [6.45, 7) is 8.00. The summed E-state index contributed by atoms with van der Waals surface area (Å²) >= 11 is 0. The third-order valence-electron chi connectivity index (χ3n) is 4.91. The zero-order chi connectivity index (χ0) is 22.2. The van der Waals surface area contributed by atoms with Crippen LogP contribution in [0.4, 0.5) is 0 Å². The van der Waals surface area contributed by atoms with Crippen LogP contribution < -0.4 is 11.2 Å². The number of hydrogen-bond acceptors (Lipinski definition) is 5. The molecule has 4 aromatic heterocycles. The lowest BCUT2D eigenvalue weighted by atomic mass is 9.95. The van der Waals surface area contributed by atoms with Crippen molar-refractivity contribution < 1.29 is 4.79 Å². The number of pyridine rings is 1. The predicted molar refractivity (Wildman–Crippen MR) is 115 cm³/mol. The quantitative estimate of drug-likeness (QED) is 0.521. The first-order valence-electron chi connectivity index (χ1n) is 9.75. The molecule has 0 atom stereocenters. The predicted octanol–water partition coefficient (Wildman–Crippen LogP) is 2.26. The Labute approximate surface area is 173 Å². The van der Waals surface area contributed by atoms with E-state index in [1.165, 1.54) is 17.9 Å². The van der Waals surface area contributed by atoms with E-state index in [0.717, 1.165) is 21.3 Å². The standard InChI is InChI=1S/C14H18N2O.C7H8N4O2/c1-9(2)13-12(14(17)10(3)4)11-7-5-6-8-16(11)15-13;1-10-5-4(8-3-9-5)6(12)11(2)7(10)13/h5-10H,1-4H3;3H,1-2H3,(H,8,9). The molecule has 9 nitrogen and oxygen atoms in total. The maximum absolute atomic E-state index is 12.3. The summed E-state index contributed by atoms with van der Waals surface area (Å²) in [5.74, 6) is 0.434. The fourth-order valence-corrected chi connectivity index (χ4v) is 3.23. The molecule has 30 heavy (non-hydrogen) atoms. The number of H-pyrrole nitrogens is 1.